The first-order valence-electron chi connectivity index (χ1n) is 4.07. The van der Waals surface area contributed by atoms with E-state index in [1.807, 2.05) is 20.8 Å². The van der Waals surface area contributed by atoms with Gasteiger partial charge in [0.15, 0.2) is 5.82 Å². The van der Waals surface area contributed by atoms with Gasteiger partial charge in [0.1, 0.15) is 6.10 Å². The average Bonchev–Trinajstić information content (AvgIpc) is 2.54. The van der Waals surface area contributed by atoms with E-state index in [0.717, 1.165) is 0 Å². The summed E-state index contributed by atoms with van der Waals surface area (Å²) in [6.07, 6.45) is -0.110. The summed E-state index contributed by atoms with van der Waals surface area (Å²) < 4.78 is 9.78. The number of aryl methyl sites for hydroxylation is 1. The summed E-state index contributed by atoms with van der Waals surface area (Å²) in [7, 11) is 1.60. The van der Waals surface area contributed by atoms with E-state index >= 15 is 0 Å². The zero-order chi connectivity index (χ0) is 9.56. The van der Waals surface area contributed by atoms with Gasteiger partial charge in [-0.05, 0) is 13.8 Å². The van der Waals surface area contributed by atoms with Gasteiger partial charge in [0.2, 0.25) is 0 Å². The van der Waals surface area contributed by atoms with Gasteiger partial charge < -0.3 is 9.26 Å². The largest absolute Gasteiger partial charge is 0.372 e. The van der Waals surface area contributed by atoms with E-state index in [1.165, 1.54) is 0 Å². The maximum atomic E-state index is 4.95. The van der Waals surface area contributed by atoms with Crippen LogP contribution in [0.5, 0.6) is 0 Å². The highest BCUT2D eigenvalue weighted by molar-refractivity contribution is 4.85. The van der Waals surface area contributed by atoms with E-state index in [9.17, 15) is 0 Å². The summed E-state index contributed by atoms with van der Waals surface area (Å²) >= 11 is 0. The monoisotopic (exact) mass is 172 g/mol. The lowest BCUT2D eigenvalue weighted by Gasteiger charge is -2.00. The quantitative estimate of drug-likeness (QED) is 0.685. The molecule has 1 rings (SSSR count). The number of aromatic nitrogens is 2. The number of hydrogen-bond acceptors (Lipinski definition) is 4. The molecule has 4 heteroatoms. The van der Waals surface area contributed by atoms with Crippen molar-refractivity contribution in [1.82, 2.24) is 10.1 Å². The van der Waals surface area contributed by atoms with Crippen molar-refractivity contribution in [3.05, 3.63) is 11.7 Å². The van der Waals surface area contributed by atoms with Crippen molar-refractivity contribution in [2.75, 3.05) is 7.11 Å². The first-order chi connectivity index (χ1) is 5.74. The Morgan fingerprint density at radius 1 is 1.42 bits per heavy atom. The van der Waals surface area contributed by atoms with E-state index in [2.05, 4.69) is 10.1 Å². The van der Waals surface area contributed by atoms with Gasteiger partial charge in [-0.3, -0.25) is 0 Å². The van der Waals surface area contributed by atoms with E-state index in [1.54, 1.807) is 14.0 Å². The molecule has 1 aromatic rings. The predicted molar refractivity (Wildman–Crippen MR) is 45.8 cm³/mol. The fraction of sp³-hybridized carbons (Fsp3) is 0.750. The molecule has 0 radical (unpaired) electrons. The lowest BCUT2D eigenvalue weighted by molar-refractivity contribution is 0.0886. The fourth-order valence-electron chi connectivity index (χ4n) is 0.579. The molecule has 0 aromatic carbocycles. The third kappa shape index (κ3) is 3.00. The van der Waals surface area contributed by atoms with Crippen LogP contribution in [0.4, 0.5) is 0 Å². The Morgan fingerprint density at radius 2 is 2.00 bits per heavy atom. The standard InChI is InChI=1S/C6H10N2O2.C2H6/c1-4(9-3)6-7-5(2)8-10-6;1-2/h4H,1-3H3;1-2H3. The third-order valence-corrected chi connectivity index (χ3v) is 1.24. The SMILES string of the molecule is CC.COC(C)c1nc(C)no1. The van der Waals surface area contributed by atoms with E-state index in [-0.39, 0.29) is 6.10 Å². The second-order valence-electron chi connectivity index (χ2n) is 2.06. The van der Waals surface area contributed by atoms with E-state index in [4.69, 9.17) is 9.26 Å². The lowest BCUT2D eigenvalue weighted by atomic mass is 10.4. The molecule has 1 atom stereocenters. The van der Waals surface area contributed by atoms with Crippen molar-refractivity contribution in [3.8, 4) is 0 Å². The third-order valence-electron chi connectivity index (χ3n) is 1.24. The summed E-state index contributed by atoms with van der Waals surface area (Å²) in [5, 5.41) is 3.62. The molecule has 70 valence electrons. The van der Waals surface area contributed by atoms with Gasteiger partial charge in [-0.25, -0.2) is 0 Å². The Bertz CT molecular complexity index is 211. The summed E-state index contributed by atoms with van der Waals surface area (Å²) in [6, 6.07) is 0. The van der Waals surface area contributed by atoms with Crippen LogP contribution in [0, 0.1) is 6.92 Å². The van der Waals surface area contributed by atoms with Gasteiger partial charge >= 0.3 is 0 Å². The molecule has 0 saturated heterocycles. The van der Waals surface area contributed by atoms with Gasteiger partial charge in [0, 0.05) is 7.11 Å². The second-order valence-corrected chi connectivity index (χ2v) is 2.06. The minimum absolute atomic E-state index is 0.110. The molecular weight excluding hydrogens is 156 g/mol. The molecule has 1 unspecified atom stereocenters. The van der Waals surface area contributed by atoms with Gasteiger partial charge in [0.05, 0.1) is 0 Å². The van der Waals surface area contributed by atoms with Crippen LogP contribution in [0.25, 0.3) is 0 Å². The normalized spacial score (nSPS) is 11.8. The number of methoxy groups -OCH3 is 1. The molecule has 1 heterocycles. The van der Waals surface area contributed by atoms with Crippen LogP contribution in [-0.4, -0.2) is 17.3 Å². The first kappa shape index (κ1) is 11.1. The number of hydrogen-bond donors (Lipinski definition) is 0. The van der Waals surface area contributed by atoms with Crippen molar-refractivity contribution >= 4 is 0 Å². The zero-order valence-corrected chi connectivity index (χ0v) is 8.29. The van der Waals surface area contributed by atoms with Crippen LogP contribution in [0.15, 0.2) is 4.52 Å². The Morgan fingerprint density at radius 3 is 2.33 bits per heavy atom. The van der Waals surface area contributed by atoms with Gasteiger partial charge in [0.25, 0.3) is 5.89 Å². The van der Waals surface area contributed by atoms with Crippen LogP contribution < -0.4 is 0 Å². The summed E-state index contributed by atoms with van der Waals surface area (Å²) in [4.78, 5) is 3.98. The smallest absolute Gasteiger partial charge is 0.255 e. The molecule has 0 N–H and O–H groups in total. The van der Waals surface area contributed by atoms with Crippen molar-refractivity contribution in [3.63, 3.8) is 0 Å². The number of ether oxygens (including phenoxy) is 1. The van der Waals surface area contributed by atoms with Crippen LogP contribution in [-0.2, 0) is 4.74 Å². The van der Waals surface area contributed by atoms with Gasteiger partial charge in [-0.2, -0.15) is 4.98 Å². The highest BCUT2D eigenvalue weighted by Gasteiger charge is 2.10. The molecule has 0 aliphatic heterocycles. The Kier molecular flexibility index (Phi) is 5.28. The van der Waals surface area contributed by atoms with Crippen molar-refractivity contribution in [1.29, 1.82) is 0 Å². The van der Waals surface area contributed by atoms with E-state index in [0.29, 0.717) is 11.7 Å². The van der Waals surface area contributed by atoms with Crippen molar-refractivity contribution in [2.45, 2.75) is 33.8 Å². The van der Waals surface area contributed by atoms with Crippen LogP contribution in [0.3, 0.4) is 0 Å². The topological polar surface area (TPSA) is 48.2 Å². The molecule has 0 aliphatic rings. The number of nitrogens with zero attached hydrogens (tertiary/aromatic N) is 2. The van der Waals surface area contributed by atoms with E-state index < -0.39 is 0 Å². The van der Waals surface area contributed by atoms with Crippen LogP contribution >= 0.6 is 0 Å². The molecule has 0 saturated carbocycles. The molecule has 1 aromatic heterocycles. The molecular formula is C8H16N2O2. The molecule has 0 fully saturated rings. The minimum Gasteiger partial charge on any atom is -0.372 e. The Hall–Kier alpha value is -0.900. The second kappa shape index (κ2) is 5.71. The Labute approximate surface area is 72.9 Å². The molecule has 0 amide bonds. The van der Waals surface area contributed by atoms with Gasteiger partial charge in [-0.1, -0.05) is 19.0 Å². The zero-order valence-electron chi connectivity index (χ0n) is 8.29. The summed E-state index contributed by atoms with van der Waals surface area (Å²) in [6.45, 7) is 7.63. The van der Waals surface area contributed by atoms with Gasteiger partial charge in [-0.15, -0.1) is 0 Å². The molecule has 0 bridgehead atoms. The predicted octanol–water partition coefficient (Wildman–Crippen LogP) is 2.11. The highest BCUT2D eigenvalue weighted by atomic mass is 16.5. The average molecular weight is 172 g/mol. The molecule has 4 nitrogen and oxygen atoms in total. The minimum atomic E-state index is -0.110. The first-order valence-corrected chi connectivity index (χ1v) is 4.07. The van der Waals surface area contributed by atoms with Crippen molar-refractivity contribution in [2.24, 2.45) is 0 Å². The molecule has 0 aliphatic carbocycles. The maximum absolute atomic E-state index is 4.95. The number of rotatable bonds is 2. The summed E-state index contributed by atoms with van der Waals surface area (Å²) in [5.74, 6) is 1.17. The maximum Gasteiger partial charge on any atom is 0.255 e. The van der Waals surface area contributed by atoms with Crippen molar-refractivity contribution < 1.29 is 9.26 Å². The molecule has 0 spiro atoms. The van der Waals surface area contributed by atoms with Crippen LogP contribution in [0.1, 0.15) is 38.6 Å². The lowest BCUT2D eigenvalue weighted by Crippen LogP contribution is -1.95. The molecule has 12 heavy (non-hydrogen) atoms. The summed E-state index contributed by atoms with van der Waals surface area (Å²) in [5.41, 5.74) is 0. The fourth-order valence-corrected chi connectivity index (χ4v) is 0.579. The Balaban J connectivity index is 0.000000561. The highest BCUT2D eigenvalue weighted by Crippen LogP contribution is 2.11. The van der Waals surface area contributed by atoms with Crippen LogP contribution in [0.2, 0.25) is 0 Å².